The van der Waals surface area contributed by atoms with Crippen LogP contribution in [0.4, 0.5) is 0 Å². The highest BCUT2D eigenvalue weighted by atomic mass is 16.2. The fraction of sp³-hybridized carbons (Fsp3) is 0.933. The van der Waals surface area contributed by atoms with E-state index in [1.165, 1.54) is 13.1 Å². The Hall–Kier alpha value is -0.650. The van der Waals surface area contributed by atoms with Gasteiger partial charge in [-0.3, -0.25) is 4.79 Å². The van der Waals surface area contributed by atoms with Gasteiger partial charge in [-0.15, -0.1) is 0 Å². The highest BCUT2D eigenvalue weighted by Crippen LogP contribution is 2.08. The standard InChI is InChI=1S/C15H32N4O/c1-4-7-15(3,16)14(20)17-8-6-9-19-12-10-18(5-2)11-13-19/h4-13,16H2,1-3H3,(H,17,20). The lowest BCUT2D eigenvalue weighted by Gasteiger charge is -2.34. The molecule has 20 heavy (non-hydrogen) atoms. The van der Waals surface area contributed by atoms with Gasteiger partial charge in [0.15, 0.2) is 0 Å². The molecule has 1 heterocycles. The third-order valence-electron chi connectivity index (χ3n) is 4.14. The Morgan fingerprint density at radius 3 is 2.35 bits per heavy atom. The molecular formula is C15H32N4O. The van der Waals surface area contributed by atoms with Crippen molar-refractivity contribution < 1.29 is 4.79 Å². The van der Waals surface area contributed by atoms with E-state index in [1.807, 2.05) is 13.8 Å². The van der Waals surface area contributed by atoms with Crippen molar-refractivity contribution in [3.05, 3.63) is 0 Å². The van der Waals surface area contributed by atoms with Crippen LogP contribution < -0.4 is 11.1 Å². The van der Waals surface area contributed by atoms with Crippen LogP contribution >= 0.6 is 0 Å². The average molecular weight is 284 g/mol. The molecule has 5 heteroatoms. The fourth-order valence-corrected chi connectivity index (χ4v) is 2.67. The van der Waals surface area contributed by atoms with E-state index < -0.39 is 5.54 Å². The minimum Gasteiger partial charge on any atom is -0.354 e. The van der Waals surface area contributed by atoms with Gasteiger partial charge in [0.05, 0.1) is 5.54 Å². The molecule has 5 nitrogen and oxygen atoms in total. The largest absolute Gasteiger partial charge is 0.354 e. The summed E-state index contributed by atoms with van der Waals surface area (Å²) >= 11 is 0. The number of nitrogens with one attached hydrogen (secondary N) is 1. The van der Waals surface area contributed by atoms with E-state index in [9.17, 15) is 4.79 Å². The molecular weight excluding hydrogens is 252 g/mol. The molecule has 0 aromatic rings. The molecule has 1 rings (SSSR count). The second-order valence-electron chi connectivity index (χ2n) is 6.05. The average Bonchev–Trinajstić information content (AvgIpc) is 2.44. The molecule has 1 amide bonds. The van der Waals surface area contributed by atoms with Gasteiger partial charge in [-0.05, 0) is 32.9 Å². The summed E-state index contributed by atoms with van der Waals surface area (Å²) < 4.78 is 0. The third kappa shape index (κ3) is 5.77. The summed E-state index contributed by atoms with van der Waals surface area (Å²) in [7, 11) is 0. The van der Waals surface area contributed by atoms with E-state index in [0.717, 1.165) is 52.0 Å². The molecule has 1 aliphatic rings. The number of likely N-dealkylation sites (N-methyl/N-ethyl adjacent to an activating group) is 1. The minimum absolute atomic E-state index is 0.0184. The normalized spacial score (nSPS) is 20.6. The Morgan fingerprint density at radius 2 is 1.80 bits per heavy atom. The van der Waals surface area contributed by atoms with Crippen molar-refractivity contribution in [3.63, 3.8) is 0 Å². The molecule has 0 saturated carbocycles. The maximum Gasteiger partial charge on any atom is 0.239 e. The van der Waals surface area contributed by atoms with Crippen LogP contribution in [0, 0.1) is 0 Å². The first kappa shape index (κ1) is 17.4. The summed E-state index contributed by atoms with van der Waals surface area (Å²) in [4.78, 5) is 16.9. The number of nitrogens with zero attached hydrogens (tertiary/aromatic N) is 2. The van der Waals surface area contributed by atoms with E-state index in [2.05, 4.69) is 22.0 Å². The van der Waals surface area contributed by atoms with E-state index in [4.69, 9.17) is 5.73 Å². The number of rotatable bonds is 8. The van der Waals surface area contributed by atoms with E-state index >= 15 is 0 Å². The van der Waals surface area contributed by atoms with Gasteiger partial charge in [-0.2, -0.15) is 0 Å². The Labute approximate surface area is 123 Å². The molecule has 0 spiro atoms. The van der Waals surface area contributed by atoms with Crippen LogP contribution in [0.25, 0.3) is 0 Å². The Kier molecular flexibility index (Phi) is 7.48. The van der Waals surface area contributed by atoms with Crippen LogP contribution in [0.1, 0.15) is 40.0 Å². The molecule has 1 saturated heterocycles. The van der Waals surface area contributed by atoms with Gasteiger partial charge in [0, 0.05) is 32.7 Å². The van der Waals surface area contributed by atoms with Gasteiger partial charge in [0.2, 0.25) is 5.91 Å². The SMILES string of the molecule is CCCC(C)(N)C(=O)NCCCN1CCN(CC)CC1. The number of amides is 1. The van der Waals surface area contributed by atoms with Crippen LogP contribution in [0.5, 0.6) is 0 Å². The smallest absolute Gasteiger partial charge is 0.239 e. The molecule has 1 aliphatic heterocycles. The molecule has 0 aromatic heterocycles. The zero-order valence-electron chi connectivity index (χ0n) is 13.5. The van der Waals surface area contributed by atoms with Crippen molar-refractivity contribution in [2.75, 3.05) is 45.8 Å². The van der Waals surface area contributed by atoms with Crippen LogP contribution in [0.2, 0.25) is 0 Å². The molecule has 0 aliphatic carbocycles. The number of carbonyl (C=O) groups is 1. The van der Waals surface area contributed by atoms with Gasteiger partial charge in [0.1, 0.15) is 0 Å². The summed E-state index contributed by atoms with van der Waals surface area (Å²) in [5.41, 5.74) is 5.28. The molecule has 118 valence electrons. The summed E-state index contributed by atoms with van der Waals surface area (Å²) in [6.07, 6.45) is 2.67. The van der Waals surface area contributed by atoms with Crippen molar-refractivity contribution in [1.82, 2.24) is 15.1 Å². The maximum atomic E-state index is 11.9. The van der Waals surface area contributed by atoms with Crippen LogP contribution in [-0.4, -0.2) is 67.1 Å². The maximum absolute atomic E-state index is 11.9. The molecule has 3 N–H and O–H groups in total. The summed E-state index contributed by atoms with van der Waals surface area (Å²) in [5.74, 6) is -0.0184. The minimum atomic E-state index is -0.721. The highest BCUT2D eigenvalue weighted by Gasteiger charge is 2.26. The highest BCUT2D eigenvalue weighted by molar-refractivity contribution is 5.85. The predicted octanol–water partition coefficient (Wildman–Crippen LogP) is 0.648. The van der Waals surface area contributed by atoms with Gasteiger partial charge >= 0.3 is 0 Å². The van der Waals surface area contributed by atoms with Crippen molar-refractivity contribution in [2.45, 2.75) is 45.6 Å². The molecule has 0 radical (unpaired) electrons. The molecule has 0 bridgehead atoms. The lowest BCUT2D eigenvalue weighted by Crippen LogP contribution is -2.52. The molecule has 1 atom stereocenters. The van der Waals surface area contributed by atoms with Crippen molar-refractivity contribution >= 4 is 5.91 Å². The van der Waals surface area contributed by atoms with Gasteiger partial charge in [-0.1, -0.05) is 20.3 Å². The summed E-state index contributed by atoms with van der Waals surface area (Å²) in [6.45, 7) is 13.6. The zero-order chi connectivity index (χ0) is 15.0. The van der Waals surface area contributed by atoms with E-state index in [0.29, 0.717) is 0 Å². The van der Waals surface area contributed by atoms with Gasteiger partial charge in [0.25, 0.3) is 0 Å². The van der Waals surface area contributed by atoms with Gasteiger partial charge < -0.3 is 20.9 Å². The Balaban J connectivity index is 2.12. The Bertz CT molecular complexity index is 286. The number of nitrogens with two attached hydrogens (primary N) is 1. The van der Waals surface area contributed by atoms with Gasteiger partial charge in [-0.25, -0.2) is 0 Å². The molecule has 1 unspecified atom stereocenters. The topological polar surface area (TPSA) is 61.6 Å². The molecule has 1 fully saturated rings. The monoisotopic (exact) mass is 284 g/mol. The van der Waals surface area contributed by atoms with Crippen LogP contribution in [0.15, 0.2) is 0 Å². The fourth-order valence-electron chi connectivity index (χ4n) is 2.67. The number of hydrogen-bond donors (Lipinski definition) is 2. The number of carbonyl (C=O) groups excluding carboxylic acids is 1. The lowest BCUT2D eigenvalue weighted by molar-refractivity contribution is -0.126. The lowest BCUT2D eigenvalue weighted by atomic mass is 9.96. The van der Waals surface area contributed by atoms with E-state index in [-0.39, 0.29) is 5.91 Å². The predicted molar refractivity (Wildman–Crippen MR) is 83.7 cm³/mol. The quantitative estimate of drug-likeness (QED) is 0.643. The number of piperazine rings is 1. The third-order valence-corrected chi connectivity index (χ3v) is 4.14. The summed E-state index contributed by atoms with van der Waals surface area (Å²) in [6, 6.07) is 0. The Morgan fingerprint density at radius 1 is 1.20 bits per heavy atom. The first-order valence-corrected chi connectivity index (χ1v) is 8.01. The van der Waals surface area contributed by atoms with Crippen LogP contribution in [0.3, 0.4) is 0 Å². The van der Waals surface area contributed by atoms with Crippen LogP contribution in [-0.2, 0) is 4.79 Å². The van der Waals surface area contributed by atoms with Crippen molar-refractivity contribution in [3.8, 4) is 0 Å². The first-order valence-electron chi connectivity index (χ1n) is 8.01. The first-order chi connectivity index (χ1) is 9.49. The second-order valence-corrected chi connectivity index (χ2v) is 6.05. The van der Waals surface area contributed by atoms with Crippen molar-refractivity contribution in [1.29, 1.82) is 0 Å². The molecule has 0 aromatic carbocycles. The summed E-state index contributed by atoms with van der Waals surface area (Å²) in [5, 5.41) is 2.97. The zero-order valence-corrected chi connectivity index (χ0v) is 13.5. The van der Waals surface area contributed by atoms with E-state index in [1.54, 1.807) is 0 Å². The number of hydrogen-bond acceptors (Lipinski definition) is 4. The van der Waals surface area contributed by atoms with Crippen molar-refractivity contribution in [2.24, 2.45) is 5.73 Å². The second kappa shape index (κ2) is 8.60.